The zero-order chi connectivity index (χ0) is 8.48. The van der Waals surface area contributed by atoms with Gasteiger partial charge in [0.25, 0.3) is 0 Å². The maximum absolute atomic E-state index is 11.0. The molecule has 11 heavy (non-hydrogen) atoms. The van der Waals surface area contributed by atoms with Crippen LogP contribution in [0.5, 0.6) is 0 Å². The summed E-state index contributed by atoms with van der Waals surface area (Å²) in [5, 5.41) is 0. The number of hydrogen-bond acceptors (Lipinski definition) is 2. The molecule has 0 aliphatic heterocycles. The van der Waals surface area contributed by atoms with Crippen LogP contribution in [0.3, 0.4) is 0 Å². The van der Waals surface area contributed by atoms with Gasteiger partial charge >= 0.3 is 0 Å². The average Bonchev–Trinajstić information content (AvgIpc) is 1.86. The molecule has 0 unspecified atom stereocenters. The van der Waals surface area contributed by atoms with E-state index in [-0.39, 0.29) is 0 Å². The highest BCUT2D eigenvalue weighted by Crippen LogP contribution is 2.04. The first-order valence-corrected chi connectivity index (χ1v) is 5.16. The van der Waals surface area contributed by atoms with E-state index in [2.05, 4.69) is 0 Å². The van der Waals surface area contributed by atoms with Crippen molar-refractivity contribution in [1.29, 1.82) is 0 Å². The predicted octanol–water partition coefficient (Wildman–Crippen LogP) is -0.651. The van der Waals surface area contributed by atoms with Crippen LogP contribution in [0.15, 0.2) is 29.2 Å². The Morgan fingerprint density at radius 2 is 2.00 bits per heavy atom. The second-order valence-corrected chi connectivity index (χ2v) is 4.60. The van der Waals surface area contributed by atoms with Gasteiger partial charge in [-0.05, 0) is 12.1 Å². The smallest absolute Gasteiger partial charge is 0.175 e. The van der Waals surface area contributed by atoms with Crippen molar-refractivity contribution in [3.8, 4) is 0 Å². The average molecular weight is 168 g/mol. The molecule has 58 valence electrons. The summed E-state index contributed by atoms with van der Waals surface area (Å²) in [5.74, 6) is 0. The van der Waals surface area contributed by atoms with E-state index in [1.165, 1.54) is 6.26 Å². The van der Waals surface area contributed by atoms with Crippen LogP contribution in [0.25, 0.3) is 0 Å². The molecule has 0 heterocycles. The van der Waals surface area contributed by atoms with Gasteiger partial charge in [0.2, 0.25) is 0 Å². The Kier molecular flexibility index (Phi) is 2.04. The van der Waals surface area contributed by atoms with Gasteiger partial charge in [0.15, 0.2) is 9.84 Å². The fourth-order valence-corrected chi connectivity index (χ4v) is 1.57. The van der Waals surface area contributed by atoms with Gasteiger partial charge < -0.3 is 0 Å². The number of rotatable bonds is 1. The lowest BCUT2D eigenvalue weighted by atomic mass is 9.97. The van der Waals surface area contributed by atoms with E-state index >= 15 is 0 Å². The Balaban J connectivity index is 3.28. The van der Waals surface area contributed by atoms with E-state index in [0.717, 1.165) is 5.46 Å². The Bertz CT molecular complexity index is 356. The summed E-state index contributed by atoms with van der Waals surface area (Å²) in [7, 11) is -1.16. The standard InChI is InChI=1S/C7H9BO2S/c1-11(9,10)7-4-2-3-6(8)5-7/h2-5H,8H2,1H3. The summed E-state index contributed by atoms with van der Waals surface area (Å²) in [4.78, 5) is 0.387. The number of hydrogen-bond donors (Lipinski definition) is 0. The summed E-state index contributed by atoms with van der Waals surface area (Å²) in [6, 6.07) is 6.87. The highest BCUT2D eigenvalue weighted by Gasteiger charge is 2.04. The molecule has 0 N–H and O–H groups in total. The maximum atomic E-state index is 11.0. The molecule has 0 saturated heterocycles. The molecule has 0 atom stereocenters. The molecule has 0 amide bonds. The fraction of sp³-hybridized carbons (Fsp3) is 0.143. The van der Waals surface area contributed by atoms with E-state index < -0.39 is 9.84 Å². The predicted molar refractivity (Wildman–Crippen MR) is 47.7 cm³/mol. The van der Waals surface area contributed by atoms with Gasteiger partial charge in [-0.15, -0.1) is 0 Å². The molecule has 0 radical (unpaired) electrons. The molecular weight excluding hydrogens is 159 g/mol. The maximum Gasteiger partial charge on any atom is 0.175 e. The lowest BCUT2D eigenvalue weighted by molar-refractivity contribution is 0.602. The summed E-state index contributed by atoms with van der Waals surface area (Å²) in [6.07, 6.45) is 1.21. The van der Waals surface area contributed by atoms with Crippen molar-refractivity contribution in [2.45, 2.75) is 4.90 Å². The van der Waals surface area contributed by atoms with Crippen molar-refractivity contribution in [2.24, 2.45) is 0 Å². The molecule has 1 rings (SSSR count). The molecule has 0 saturated carbocycles. The molecule has 0 aliphatic carbocycles. The lowest BCUT2D eigenvalue weighted by Crippen LogP contribution is -2.05. The van der Waals surface area contributed by atoms with E-state index in [9.17, 15) is 8.42 Å². The van der Waals surface area contributed by atoms with E-state index in [1.807, 2.05) is 13.9 Å². The van der Waals surface area contributed by atoms with Crippen LogP contribution in [-0.2, 0) is 9.84 Å². The first-order chi connectivity index (χ1) is 5.00. The largest absolute Gasteiger partial charge is 0.224 e. The van der Waals surface area contributed by atoms with Crippen LogP contribution in [0.1, 0.15) is 0 Å². The molecule has 0 fully saturated rings. The van der Waals surface area contributed by atoms with Crippen LogP contribution in [0.4, 0.5) is 0 Å². The Morgan fingerprint density at radius 1 is 1.36 bits per heavy atom. The first kappa shape index (κ1) is 8.33. The van der Waals surface area contributed by atoms with E-state index in [1.54, 1.807) is 18.2 Å². The van der Waals surface area contributed by atoms with Gasteiger partial charge in [0.1, 0.15) is 7.85 Å². The highest BCUT2D eigenvalue weighted by atomic mass is 32.2. The minimum atomic E-state index is -3.03. The van der Waals surface area contributed by atoms with Crippen molar-refractivity contribution in [3.63, 3.8) is 0 Å². The summed E-state index contributed by atoms with van der Waals surface area (Å²) in [6.45, 7) is 0. The monoisotopic (exact) mass is 168 g/mol. The second kappa shape index (κ2) is 2.70. The van der Waals surface area contributed by atoms with Gasteiger partial charge in [-0.3, -0.25) is 0 Å². The van der Waals surface area contributed by atoms with Crippen molar-refractivity contribution in [3.05, 3.63) is 24.3 Å². The molecule has 2 nitrogen and oxygen atoms in total. The van der Waals surface area contributed by atoms with Crippen LogP contribution in [0.2, 0.25) is 0 Å². The van der Waals surface area contributed by atoms with Crippen LogP contribution >= 0.6 is 0 Å². The summed E-state index contributed by atoms with van der Waals surface area (Å²) >= 11 is 0. The van der Waals surface area contributed by atoms with Gasteiger partial charge in [-0.1, -0.05) is 17.6 Å². The molecule has 0 bridgehead atoms. The number of benzene rings is 1. The third-order valence-corrected chi connectivity index (χ3v) is 2.53. The summed E-state index contributed by atoms with van der Waals surface area (Å²) < 4.78 is 22.0. The third-order valence-electron chi connectivity index (χ3n) is 1.42. The van der Waals surface area contributed by atoms with Crippen LogP contribution in [0, 0.1) is 0 Å². The number of sulfone groups is 1. The Labute approximate surface area is 67.6 Å². The molecule has 4 heteroatoms. The molecular formula is C7H9BO2S. The molecule has 0 aliphatic rings. The van der Waals surface area contributed by atoms with Gasteiger partial charge in [-0.2, -0.15) is 0 Å². The zero-order valence-corrected chi connectivity index (χ0v) is 7.35. The third kappa shape index (κ3) is 2.08. The minimum Gasteiger partial charge on any atom is -0.224 e. The Hall–Kier alpha value is -0.765. The van der Waals surface area contributed by atoms with Crippen molar-refractivity contribution < 1.29 is 8.42 Å². The molecule has 1 aromatic rings. The van der Waals surface area contributed by atoms with Gasteiger partial charge in [-0.25, -0.2) is 8.42 Å². The van der Waals surface area contributed by atoms with Crippen molar-refractivity contribution >= 4 is 23.1 Å². The molecule has 0 aromatic heterocycles. The second-order valence-electron chi connectivity index (χ2n) is 2.59. The van der Waals surface area contributed by atoms with E-state index in [4.69, 9.17) is 0 Å². The summed E-state index contributed by atoms with van der Waals surface area (Å²) in [5.41, 5.74) is 0.966. The zero-order valence-electron chi connectivity index (χ0n) is 6.53. The first-order valence-electron chi connectivity index (χ1n) is 3.27. The SMILES string of the molecule is Bc1cccc(S(C)(=O)=O)c1. The Morgan fingerprint density at radius 3 is 2.36 bits per heavy atom. The van der Waals surface area contributed by atoms with Crippen molar-refractivity contribution in [2.75, 3.05) is 6.26 Å². The highest BCUT2D eigenvalue weighted by molar-refractivity contribution is 7.90. The van der Waals surface area contributed by atoms with Gasteiger partial charge in [0, 0.05) is 6.26 Å². The van der Waals surface area contributed by atoms with E-state index in [0.29, 0.717) is 4.90 Å². The molecule has 1 aromatic carbocycles. The lowest BCUT2D eigenvalue weighted by Gasteiger charge is -1.97. The quantitative estimate of drug-likeness (QED) is 0.522. The van der Waals surface area contributed by atoms with Crippen molar-refractivity contribution in [1.82, 2.24) is 0 Å². The molecule has 0 spiro atoms. The van der Waals surface area contributed by atoms with Gasteiger partial charge in [0.05, 0.1) is 4.90 Å². The fourth-order valence-electron chi connectivity index (χ4n) is 0.846. The van der Waals surface area contributed by atoms with Crippen LogP contribution in [-0.4, -0.2) is 22.5 Å². The minimum absolute atomic E-state index is 0.387. The normalized spacial score (nSPS) is 11.4. The topological polar surface area (TPSA) is 34.1 Å². The van der Waals surface area contributed by atoms with Crippen LogP contribution < -0.4 is 5.46 Å².